The lowest BCUT2D eigenvalue weighted by molar-refractivity contribution is 0.0981. The predicted molar refractivity (Wildman–Crippen MR) is 129 cm³/mol. The second kappa shape index (κ2) is 9.37. The Balaban J connectivity index is 1.53. The zero-order valence-corrected chi connectivity index (χ0v) is 19.9. The van der Waals surface area contributed by atoms with Gasteiger partial charge in [0.2, 0.25) is 10.0 Å². The maximum atomic E-state index is 13.3. The summed E-state index contributed by atoms with van der Waals surface area (Å²) in [6.07, 6.45) is 1.61. The summed E-state index contributed by atoms with van der Waals surface area (Å²) >= 11 is 0. The quantitative estimate of drug-likeness (QED) is 0.565. The van der Waals surface area contributed by atoms with Crippen molar-refractivity contribution in [2.75, 3.05) is 12.0 Å². The number of aryl methyl sites for hydroxylation is 1. The van der Waals surface area contributed by atoms with Gasteiger partial charge in [0.15, 0.2) is 0 Å². The molecule has 1 N–H and O–H groups in total. The van der Waals surface area contributed by atoms with Crippen LogP contribution >= 0.6 is 0 Å². The van der Waals surface area contributed by atoms with Gasteiger partial charge in [0, 0.05) is 23.8 Å². The van der Waals surface area contributed by atoms with Crippen LogP contribution in [0.2, 0.25) is 0 Å². The Morgan fingerprint density at radius 1 is 1.03 bits per heavy atom. The Labute approximate surface area is 195 Å². The SMILES string of the molecule is CCc1ccc(S(=O)(=O)NCc2ccc3c(c2)N(C(=O)c2ccc(OC)cc2)[C@@H](C)C3)cc1. The molecule has 4 rings (SSSR count). The van der Waals surface area contributed by atoms with E-state index in [0.29, 0.717) is 11.3 Å². The van der Waals surface area contributed by atoms with Crippen LogP contribution in [0.5, 0.6) is 5.75 Å². The lowest BCUT2D eigenvalue weighted by Gasteiger charge is -2.23. The molecule has 0 spiro atoms. The standard InChI is InChI=1S/C26H28N2O4S/c1-4-19-6-13-24(14-7-19)33(30,31)27-17-20-5-8-22-15-18(2)28(25(22)16-20)26(29)21-9-11-23(32-3)12-10-21/h5-14,16,18,27H,4,15,17H2,1-3H3/t18-/m0/s1. The van der Waals surface area contributed by atoms with Gasteiger partial charge in [-0.2, -0.15) is 0 Å². The van der Waals surface area contributed by atoms with Crippen molar-refractivity contribution in [3.8, 4) is 5.75 Å². The number of nitrogens with zero attached hydrogens (tertiary/aromatic N) is 1. The van der Waals surface area contributed by atoms with Crippen LogP contribution in [0.15, 0.2) is 71.6 Å². The van der Waals surface area contributed by atoms with Gasteiger partial charge in [0.25, 0.3) is 5.91 Å². The third kappa shape index (κ3) is 4.79. The maximum Gasteiger partial charge on any atom is 0.258 e. The Morgan fingerprint density at radius 3 is 2.33 bits per heavy atom. The Hall–Kier alpha value is -3.16. The molecule has 1 amide bonds. The van der Waals surface area contributed by atoms with E-state index in [0.717, 1.165) is 35.2 Å². The van der Waals surface area contributed by atoms with E-state index in [1.165, 1.54) is 0 Å². The van der Waals surface area contributed by atoms with Crippen molar-refractivity contribution >= 4 is 21.6 Å². The molecule has 0 bridgehead atoms. The van der Waals surface area contributed by atoms with Crippen LogP contribution in [-0.2, 0) is 29.4 Å². The number of hydrogen-bond acceptors (Lipinski definition) is 4. The molecule has 0 saturated heterocycles. The second-order valence-electron chi connectivity index (χ2n) is 8.24. The van der Waals surface area contributed by atoms with Gasteiger partial charge < -0.3 is 9.64 Å². The summed E-state index contributed by atoms with van der Waals surface area (Å²) in [7, 11) is -2.04. The van der Waals surface area contributed by atoms with E-state index in [2.05, 4.69) is 4.72 Å². The average molecular weight is 465 g/mol. The van der Waals surface area contributed by atoms with E-state index in [9.17, 15) is 13.2 Å². The highest BCUT2D eigenvalue weighted by Gasteiger charge is 2.31. The van der Waals surface area contributed by atoms with E-state index in [1.807, 2.05) is 44.2 Å². The molecular weight excluding hydrogens is 436 g/mol. The normalized spacial score (nSPS) is 15.4. The van der Waals surface area contributed by atoms with Gasteiger partial charge in [-0.1, -0.05) is 31.2 Å². The first kappa shape index (κ1) is 23.0. The lowest BCUT2D eigenvalue weighted by atomic mass is 10.1. The van der Waals surface area contributed by atoms with E-state index >= 15 is 0 Å². The molecule has 3 aromatic rings. The molecule has 1 aliphatic rings. The van der Waals surface area contributed by atoms with Crippen LogP contribution in [-0.4, -0.2) is 27.5 Å². The lowest BCUT2D eigenvalue weighted by Crippen LogP contribution is -2.35. The van der Waals surface area contributed by atoms with Crippen molar-refractivity contribution in [1.29, 1.82) is 0 Å². The Kier molecular flexibility index (Phi) is 6.54. The van der Waals surface area contributed by atoms with Crippen LogP contribution in [0.1, 0.15) is 40.9 Å². The first-order valence-electron chi connectivity index (χ1n) is 11.0. The topological polar surface area (TPSA) is 75.7 Å². The minimum atomic E-state index is -3.63. The number of rotatable bonds is 7. The Morgan fingerprint density at radius 2 is 1.70 bits per heavy atom. The molecule has 1 atom stereocenters. The summed E-state index contributed by atoms with van der Waals surface area (Å²) in [5, 5.41) is 0. The second-order valence-corrected chi connectivity index (χ2v) is 10.0. The van der Waals surface area contributed by atoms with Gasteiger partial charge in [-0.3, -0.25) is 4.79 Å². The number of hydrogen-bond donors (Lipinski definition) is 1. The third-order valence-electron chi connectivity index (χ3n) is 6.03. The molecule has 0 unspecified atom stereocenters. The van der Waals surface area contributed by atoms with Gasteiger partial charge in [-0.05, 0) is 78.9 Å². The summed E-state index contributed by atoms with van der Waals surface area (Å²) in [5.41, 5.74) is 4.36. The largest absolute Gasteiger partial charge is 0.497 e. The molecule has 0 aromatic heterocycles. The van der Waals surface area contributed by atoms with E-state index in [-0.39, 0.29) is 23.4 Å². The molecular formula is C26H28N2O4S. The fourth-order valence-corrected chi connectivity index (χ4v) is 5.13. The predicted octanol–water partition coefficient (Wildman–Crippen LogP) is 4.33. The highest BCUT2D eigenvalue weighted by atomic mass is 32.2. The monoisotopic (exact) mass is 464 g/mol. The number of fused-ring (bicyclic) bond motifs is 1. The van der Waals surface area contributed by atoms with Gasteiger partial charge in [-0.15, -0.1) is 0 Å². The van der Waals surface area contributed by atoms with E-state index in [4.69, 9.17) is 4.74 Å². The Bertz CT molecular complexity index is 1250. The zero-order valence-electron chi connectivity index (χ0n) is 19.0. The number of nitrogens with one attached hydrogen (secondary N) is 1. The highest BCUT2D eigenvalue weighted by molar-refractivity contribution is 7.89. The van der Waals surface area contributed by atoms with Crippen LogP contribution in [0.25, 0.3) is 0 Å². The number of methoxy groups -OCH3 is 1. The number of anilines is 1. The molecule has 0 saturated carbocycles. The number of carbonyl (C=O) groups is 1. The molecule has 172 valence electrons. The van der Waals surface area contributed by atoms with Crippen molar-refractivity contribution in [1.82, 2.24) is 4.72 Å². The zero-order chi connectivity index (χ0) is 23.6. The van der Waals surface area contributed by atoms with Crippen molar-refractivity contribution in [2.24, 2.45) is 0 Å². The first-order valence-corrected chi connectivity index (χ1v) is 12.5. The molecule has 0 radical (unpaired) electrons. The molecule has 0 aliphatic carbocycles. The molecule has 0 fully saturated rings. The third-order valence-corrected chi connectivity index (χ3v) is 7.45. The van der Waals surface area contributed by atoms with Crippen LogP contribution in [0.4, 0.5) is 5.69 Å². The number of benzene rings is 3. The summed E-state index contributed by atoms with van der Waals surface area (Å²) in [6, 6.07) is 19.8. The smallest absolute Gasteiger partial charge is 0.258 e. The van der Waals surface area contributed by atoms with Crippen molar-refractivity contribution in [3.05, 3.63) is 89.0 Å². The van der Waals surface area contributed by atoms with Crippen LogP contribution < -0.4 is 14.4 Å². The summed E-state index contributed by atoms with van der Waals surface area (Å²) < 4.78 is 33.3. The molecule has 3 aromatic carbocycles. The molecule has 6 nitrogen and oxygen atoms in total. The van der Waals surface area contributed by atoms with Crippen LogP contribution in [0, 0.1) is 0 Å². The number of amides is 1. The van der Waals surface area contributed by atoms with E-state index < -0.39 is 10.0 Å². The molecule has 33 heavy (non-hydrogen) atoms. The van der Waals surface area contributed by atoms with Gasteiger partial charge in [0.1, 0.15) is 5.75 Å². The minimum absolute atomic E-state index is 0.0126. The fraction of sp³-hybridized carbons (Fsp3) is 0.269. The summed E-state index contributed by atoms with van der Waals surface area (Å²) in [6.45, 7) is 4.19. The first-order chi connectivity index (χ1) is 15.8. The molecule has 7 heteroatoms. The minimum Gasteiger partial charge on any atom is -0.497 e. The van der Waals surface area contributed by atoms with Gasteiger partial charge in [0.05, 0.1) is 12.0 Å². The number of carbonyl (C=O) groups excluding carboxylic acids is 1. The maximum absolute atomic E-state index is 13.3. The number of sulfonamides is 1. The van der Waals surface area contributed by atoms with Crippen molar-refractivity contribution in [3.63, 3.8) is 0 Å². The van der Waals surface area contributed by atoms with Crippen LogP contribution in [0.3, 0.4) is 0 Å². The van der Waals surface area contributed by atoms with Crippen molar-refractivity contribution in [2.45, 2.75) is 44.2 Å². The summed E-state index contributed by atoms with van der Waals surface area (Å²) in [5.74, 6) is 0.609. The fourth-order valence-electron chi connectivity index (χ4n) is 4.11. The molecule has 1 heterocycles. The molecule has 1 aliphatic heterocycles. The number of ether oxygens (including phenoxy) is 1. The van der Waals surface area contributed by atoms with Gasteiger partial charge in [-0.25, -0.2) is 13.1 Å². The summed E-state index contributed by atoms with van der Waals surface area (Å²) in [4.78, 5) is 15.3. The van der Waals surface area contributed by atoms with E-state index in [1.54, 1.807) is 48.4 Å². The van der Waals surface area contributed by atoms with Gasteiger partial charge >= 0.3 is 0 Å². The van der Waals surface area contributed by atoms with Crippen molar-refractivity contribution < 1.29 is 17.9 Å². The average Bonchev–Trinajstić information content (AvgIpc) is 3.17. The highest BCUT2D eigenvalue weighted by Crippen LogP contribution is 2.34.